The molecule has 0 aliphatic carbocycles. The van der Waals surface area contributed by atoms with E-state index in [0.717, 1.165) is 35.8 Å². The Balaban J connectivity index is 1.63. The minimum Gasteiger partial charge on any atom is -0.345 e. The molecule has 2 aromatic rings. The molecule has 0 saturated carbocycles. The van der Waals surface area contributed by atoms with Gasteiger partial charge in [-0.2, -0.15) is 0 Å². The highest BCUT2D eigenvalue weighted by molar-refractivity contribution is 6.01. The third-order valence-corrected chi connectivity index (χ3v) is 6.06. The molecule has 4 rings (SSSR count). The molecule has 4 heteroatoms. The second-order valence-electron chi connectivity index (χ2n) is 7.94. The average molecular weight is 364 g/mol. The van der Waals surface area contributed by atoms with Crippen molar-refractivity contribution in [2.45, 2.75) is 25.9 Å². The number of nitrogens with zero attached hydrogens (tertiary/aromatic N) is 3. The van der Waals surface area contributed by atoms with E-state index in [0.29, 0.717) is 0 Å². The van der Waals surface area contributed by atoms with Gasteiger partial charge in [0.25, 0.3) is 5.91 Å². The summed E-state index contributed by atoms with van der Waals surface area (Å²) >= 11 is 0. The number of likely N-dealkylation sites (tertiary alicyclic amines) is 1. The van der Waals surface area contributed by atoms with E-state index in [9.17, 15) is 4.79 Å². The topological polar surface area (TPSA) is 26.8 Å². The van der Waals surface area contributed by atoms with E-state index in [1.807, 2.05) is 36.2 Å². The fraction of sp³-hybridized carbons (Fsp3) is 0.435. The van der Waals surface area contributed by atoms with Crippen LogP contribution in [0.1, 0.15) is 41.9 Å². The lowest BCUT2D eigenvalue weighted by molar-refractivity contribution is 0.0701. The molecule has 1 amide bonds. The number of fused-ring (bicyclic) bond motifs is 1. The molecule has 0 bridgehead atoms. The normalized spacial score (nSPS) is 21.4. The lowest BCUT2D eigenvalue weighted by Crippen LogP contribution is -2.50. The molecule has 27 heavy (non-hydrogen) atoms. The van der Waals surface area contributed by atoms with Crippen molar-refractivity contribution in [1.82, 2.24) is 9.80 Å². The van der Waals surface area contributed by atoms with Gasteiger partial charge in [-0.15, -0.1) is 0 Å². The van der Waals surface area contributed by atoms with E-state index < -0.39 is 0 Å². The van der Waals surface area contributed by atoms with Crippen LogP contribution in [0.5, 0.6) is 0 Å². The third kappa shape index (κ3) is 3.59. The van der Waals surface area contributed by atoms with Crippen molar-refractivity contribution in [3.8, 4) is 0 Å². The van der Waals surface area contributed by atoms with Crippen molar-refractivity contribution in [3.63, 3.8) is 0 Å². The van der Waals surface area contributed by atoms with E-state index in [4.69, 9.17) is 0 Å². The minimum absolute atomic E-state index is 0.0580. The van der Waals surface area contributed by atoms with Crippen LogP contribution in [0, 0.1) is 5.92 Å². The molecule has 0 spiro atoms. The zero-order valence-electron chi connectivity index (χ0n) is 16.3. The molecule has 1 saturated heterocycles. The van der Waals surface area contributed by atoms with Crippen LogP contribution >= 0.6 is 0 Å². The van der Waals surface area contributed by atoms with Gasteiger partial charge in [0.05, 0.1) is 11.3 Å². The van der Waals surface area contributed by atoms with Crippen molar-refractivity contribution in [2.75, 3.05) is 38.1 Å². The Morgan fingerprint density at radius 3 is 2.33 bits per heavy atom. The second kappa shape index (κ2) is 7.73. The summed E-state index contributed by atoms with van der Waals surface area (Å²) in [5.74, 6) is 0.945. The Morgan fingerprint density at radius 1 is 0.926 bits per heavy atom. The number of rotatable bonds is 4. The average Bonchev–Trinajstić information content (AvgIpc) is 2.71. The van der Waals surface area contributed by atoms with Crippen molar-refractivity contribution < 1.29 is 4.79 Å². The van der Waals surface area contributed by atoms with Crippen molar-refractivity contribution in [3.05, 3.63) is 65.7 Å². The summed E-state index contributed by atoms with van der Waals surface area (Å²) in [6.07, 6.45) is 2.52. The lowest BCUT2D eigenvalue weighted by atomic mass is 9.99. The van der Waals surface area contributed by atoms with E-state index in [1.165, 1.54) is 25.9 Å². The summed E-state index contributed by atoms with van der Waals surface area (Å²) in [5.41, 5.74) is 3.02. The highest BCUT2D eigenvalue weighted by Crippen LogP contribution is 2.37. The Labute approximate surface area is 162 Å². The molecule has 1 fully saturated rings. The van der Waals surface area contributed by atoms with Gasteiger partial charge >= 0.3 is 0 Å². The highest BCUT2D eigenvalue weighted by Gasteiger charge is 2.36. The smallest absolute Gasteiger partial charge is 0.257 e. The van der Waals surface area contributed by atoms with Crippen molar-refractivity contribution in [2.24, 2.45) is 5.92 Å². The predicted octanol–water partition coefficient (Wildman–Crippen LogP) is 4.01. The largest absolute Gasteiger partial charge is 0.345 e. The van der Waals surface area contributed by atoms with Gasteiger partial charge in [0.1, 0.15) is 6.17 Å². The highest BCUT2D eigenvalue weighted by atomic mass is 16.2. The zero-order chi connectivity index (χ0) is 18.8. The summed E-state index contributed by atoms with van der Waals surface area (Å²) in [6.45, 7) is 6.67. The molecule has 0 N–H and O–H groups in total. The summed E-state index contributed by atoms with van der Waals surface area (Å²) in [6, 6.07) is 18.4. The van der Waals surface area contributed by atoms with Gasteiger partial charge in [0, 0.05) is 20.1 Å². The summed E-state index contributed by atoms with van der Waals surface area (Å²) in [4.78, 5) is 19.8. The lowest BCUT2D eigenvalue weighted by Gasteiger charge is -2.45. The van der Waals surface area contributed by atoms with Crippen molar-refractivity contribution in [1.29, 1.82) is 0 Å². The maximum Gasteiger partial charge on any atom is 0.257 e. The monoisotopic (exact) mass is 363 g/mol. The van der Waals surface area contributed by atoms with Crippen LogP contribution in [0.3, 0.4) is 0 Å². The molecular formula is C23H29N3O. The zero-order valence-corrected chi connectivity index (χ0v) is 16.3. The first-order chi connectivity index (χ1) is 13.1. The van der Waals surface area contributed by atoms with Crippen LogP contribution in [0.2, 0.25) is 0 Å². The number of hydrogen-bond donors (Lipinski definition) is 0. The Kier molecular flexibility index (Phi) is 5.17. The van der Waals surface area contributed by atoms with E-state index in [1.54, 1.807) is 0 Å². The van der Waals surface area contributed by atoms with E-state index in [2.05, 4.69) is 47.1 Å². The first kappa shape index (κ1) is 18.1. The van der Waals surface area contributed by atoms with Crippen LogP contribution in [0.15, 0.2) is 54.6 Å². The molecule has 2 aromatic carbocycles. The first-order valence-corrected chi connectivity index (χ1v) is 10.1. The van der Waals surface area contributed by atoms with Crippen LogP contribution in [0.25, 0.3) is 0 Å². The molecule has 1 unspecified atom stereocenters. The fourth-order valence-electron chi connectivity index (χ4n) is 4.35. The second-order valence-corrected chi connectivity index (χ2v) is 7.94. The summed E-state index contributed by atoms with van der Waals surface area (Å²) < 4.78 is 0. The standard InChI is InChI=1S/C23H29N3O/c1-18-12-14-25(15-13-18)16-17-26-21-11-7-6-10-20(21)23(27)24(2)22(26)19-8-4-3-5-9-19/h3-11,18,22H,12-17H2,1-2H3. The van der Waals surface area contributed by atoms with E-state index in [-0.39, 0.29) is 12.1 Å². The number of carbonyl (C=O) groups is 1. The van der Waals surface area contributed by atoms with Gasteiger partial charge in [-0.05, 0) is 49.5 Å². The fourth-order valence-corrected chi connectivity index (χ4v) is 4.35. The summed E-state index contributed by atoms with van der Waals surface area (Å²) in [7, 11) is 1.92. The van der Waals surface area contributed by atoms with Crippen LogP contribution < -0.4 is 4.90 Å². The molecule has 142 valence electrons. The Bertz CT molecular complexity index is 783. The summed E-state index contributed by atoms with van der Waals surface area (Å²) in [5, 5.41) is 0. The Hall–Kier alpha value is -2.33. The molecule has 4 nitrogen and oxygen atoms in total. The number of carbonyl (C=O) groups excluding carboxylic acids is 1. The molecule has 1 atom stereocenters. The number of amides is 1. The first-order valence-electron chi connectivity index (χ1n) is 10.1. The number of hydrogen-bond acceptors (Lipinski definition) is 3. The molecule has 0 aromatic heterocycles. The van der Waals surface area contributed by atoms with Gasteiger partial charge in [-0.3, -0.25) is 4.79 Å². The van der Waals surface area contributed by atoms with Gasteiger partial charge < -0.3 is 14.7 Å². The Morgan fingerprint density at radius 2 is 1.59 bits per heavy atom. The van der Waals surface area contributed by atoms with Crippen LogP contribution in [-0.2, 0) is 0 Å². The maximum atomic E-state index is 13.0. The van der Waals surface area contributed by atoms with Crippen molar-refractivity contribution >= 4 is 11.6 Å². The minimum atomic E-state index is -0.0580. The molecular weight excluding hydrogens is 334 g/mol. The number of para-hydroxylation sites is 1. The quantitative estimate of drug-likeness (QED) is 0.821. The molecule has 2 aliphatic heterocycles. The maximum absolute atomic E-state index is 13.0. The molecule has 2 heterocycles. The van der Waals surface area contributed by atoms with Gasteiger partial charge in [-0.1, -0.05) is 49.4 Å². The van der Waals surface area contributed by atoms with E-state index >= 15 is 0 Å². The molecule has 0 radical (unpaired) electrons. The number of benzene rings is 2. The molecule has 2 aliphatic rings. The van der Waals surface area contributed by atoms with Gasteiger partial charge in [-0.25, -0.2) is 0 Å². The van der Waals surface area contributed by atoms with Crippen LogP contribution in [-0.4, -0.2) is 48.9 Å². The number of anilines is 1. The predicted molar refractivity (Wildman–Crippen MR) is 110 cm³/mol. The third-order valence-electron chi connectivity index (χ3n) is 6.06. The SMILES string of the molecule is CC1CCN(CCN2c3ccccc3C(=O)N(C)C2c2ccccc2)CC1. The van der Waals surface area contributed by atoms with Crippen LogP contribution in [0.4, 0.5) is 5.69 Å². The number of piperidine rings is 1. The van der Waals surface area contributed by atoms with Gasteiger partial charge in [0.2, 0.25) is 0 Å². The van der Waals surface area contributed by atoms with Gasteiger partial charge in [0.15, 0.2) is 0 Å².